The summed E-state index contributed by atoms with van der Waals surface area (Å²) in [7, 11) is 0. The summed E-state index contributed by atoms with van der Waals surface area (Å²) in [5.41, 5.74) is 11.8. The van der Waals surface area contributed by atoms with Crippen LogP contribution < -0.4 is 21.5 Å². The number of allylic oxidation sites excluding steroid dienone is 1. The van der Waals surface area contributed by atoms with Crippen LogP contribution in [-0.4, -0.2) is 12.1 Å². The highest BCUT2D eigenvalue weighted by Gasteiger charge is 2.23. The number of nitrogen functional groups attached to an aromatic ring is 1. The molecule has 0 fully saturated rings. The third-order valence-corrected chi connectivity index (χ3v) is 3.39. The van der Waals surface area contributed by atoms with Gasteiger partial charge >= 0.3 is 0 Å². The molecule has 116 valence electrons. The van der Waals surface area contributed by atoms with Crippen LogP contribution in [0.15, 0.2) is 48.0 Å². The van der Waals surface area contributed by atoms with Gasteiger partial charge in [-0.15, -0.1) is 0 Å². The summed E-state index contributed by atoms with van der Waals surface area (Å²) in [5, 5.41) is 2.70. The lowest BCUT2D eigenvalue weighted by Crippen LogP contribution is -2.21. The fourth-order valence-electron chi connectivity index (χ4n) is 2.23. The van der Waals surface area contributed by atoms with E-state index in [9.17, 15) is 14.0 Å². The number of nitrogens with two attached hydrogens (primary N) is 2. The molecule has 0 unspecified atom stereocenters. The van der Waals surface area contributed by atoms with Gasteiger partial charge in [-0.05, 0) is 18.2 Å². The molecule has 7 heteroatoms. The lowest BCUT2D eigenvalue weighted by molar-refractivity contribution is -0.105. The summed E-state index contributed by atoms with van der Waals surface area (Å²) in [6.07, 6.45) is 0.471. The molecule has 1 aliphatic rings. The second kappa shape index (κ2) is 5.45. The van der Waals surface area contributed by atoms with Crippen molar-refractivity contribution in [3.63, 3.8) is 0 Å². The number of para-hydroxylation sites is 1. The number of aldehydes is 1. The molecule has 0 aromatic heterocycles. The average molecular weight is 313 g/mol. The minimum atomic E-state index is -0.777. The number of ether oxygens (including phenoxy) is 1. The number of hydrogen-bond donors (Lipinski definition) is 3. The van der Waals surface area contributed by atoms with Gasteiger partial charge < -0.3 is 21.5 Å². The summed E-state index contributed by atoms with van der Waals surface area (Å²) in [5.74, 6) is -1.43. The highest BCUT2D eigenvalue weighted by Crippen LogP contribution is 2.34. The van der Waals surface area contributed by atoms with Gasteiger partial charge in [0.2, 0.25) is 5.88 Å². The van der Waals surface area contributed by atoms with E-state index >= 15 is 0 Å². The van der Waals surface area contributed by atoms with Crippen LogP contribution in [-0.2, 0) is 4.79 Å². The summed E-state index contributed by atoms with van der Waals surface area (Å²) in [6.45, 7) is 0. The van der Waals surface area contributed by atoms with Crippen LogP contribution in [0.1, 0.15) is 15.9 Å². The van der Waals surface area contributed by atoms with Crippen LogP contribution in [0.2, 0.25) is 0 Å². The number of halogens is 1. The minimum Gasteiger partial charge on any atom is -0.437 e. The summed E-state index contributed by atoms with van der Waals surface area (Å²) < 4.78 is 19.4. The first kappa shape index (κ1) is 14.6. The van der Waals surface area contributed by atoms with E-state index in [1.54, 1.807) is 18.2 Å². The molecule has 0 saturated heterocycles. The molecule has 0 spiro atoms. The van der Waals surface area contributed by atoms with E-state index in [1.165, 1.54) is 12.1 Å². The molecule has 23 heavy (non-hydrogen) atoms. The Morgan fingerprint density at radius 2 is 1.91 bits per heavy atom. The SMILES string of the molecule is NC1=C(C=O)Nc2cc(C(=O)c3ccccc3N)c(F)cc2O1. The first-order valence-electron chi connectivity index (χ1n) is 6.64. The van der Waals surface area contributed by atoms with E-state index in [-0.39, 0.29) is 39.8 Å². The molecule has 1 heterocycles. The molecule has 2 aromatic rings. The van der Waals surface area contributed by atoms with E-state index < -0.39 is 11.6 Å². The molecule has 5 N–H and O–H groups in total. The zero-order valence-electron chi connectivity index (χ0n) is 11.8. The number of ketones is 1. The van der Waals surface area contributed by atoms with Gasteiger partial charge in [0.25, 0.3) is 0 Å². The average Bonchev–Trinajstić information content (AvgIpc) is 2.53. The Bertz CT molecular complexity index is 862. The van der Waals surface area contributed by atoms with Crippen LogP contribution >= 0.6 is 0 Å². The van der Waals surface area contributed by atoms with Gasteiger partial charge in [0.1, 0.15) is 11.5 Å². The number of hydrogen-bond acceptors (Lipinski definition) is 6. The minimum absolute atomic E-state index is 0.00160. The standard InChI is InChI=1S/C16H12FN3O3/c17-10-6-14-12(20-13(7-21)16(19)23-14)5-9(10)15(22)8-3-1-2-4-11(8)18/h1-7,20H,18-19H2. The molecule has 2 aromatic carbocycles. The highest BCUT2D eigenvalue weighted by atomic mass is 19.1. The molecule has 6 nitrogen and oxygen atoms in total. The van der Waals surface area contributed by atoms with Gasteiger partial charge in [-0.1, -0.05) is 12.1 Å². The van der Waals surface area contributed by atoms with E-state index in [2.05, 4.69) is 5.32 Å². The van der Waals surface area contributed by atoms with Crippen LogP contribution in [0.5, 0.6) is 5.75 Å². The number of benzene rings is 2. The Morgan fingerprint density at radius 3 is 2.61 bits per heavy atom. The predicted molar refractivity (Wildman–Crippen MR) is 82.2 cm³/mol. The molecule has 0 radical (unpaired) electrons. The Hall–Kier alpha value is -3.35. The first-order valence-corrected chi connectivity index (χ1v) is 6.64. The van der Waals surface area contributed by atoms with Gasteiger partial charge in [0.05, 0.1) is 11.3 Å². The van der Waals surface area contributed by atoms with Gasteiger partial charge in [-0.25, -0.2) is 4.39 Å². The van der Waals surface area contributed by atoms with Crippen LogP contribution in [0.25, 0.3) is 0 Å². The van der Waals surface area contributed by atoms with E-state index in [1.807, 2.05) is 0 Å². The third kappa shape index (κ3) is 2.48. The number of fused-ring (bicyclic) bond motifs is 1. The van der Waals surface area contributed by atoms with Crippen molar-refractivity contribution in [3.8, 4) is 5.75 Å². The van der Waals surface area contributed by atoms with Crippen molar-refractivity contribution in [1.82, 2.24) is 0 Å². The fourth-order valence-corrected chi connectivity index (χ4v) is 2.23. The van der Waals surface area contributed by atoms with Gasteiger partial charge in [-0.3, -0.25) is 9.59 Å². The molecule has 3 rings (SSSR count). The Balaban J connectivity index is 2.06. The maximum Gasteiger partial charge on any atom is 0.218 e. The Morgan fingerprint density at radius 1 is 1.17 bits per heavy atom. The number of anilines is 2. The Kier molecular flexibility index (Phi) is 3.46. The second-order valence-corrected chi connectivity index (χ2v) is 4.87. The lowest BCUT2D eigenvalue weighted by Gasteiger charge is -2.20. The first-order chi connectivity index (χ1) is 11.0. The van der Waals surface area contributed by atoms with Crippen molar-refractivity contribution in [2.24, 2.45) is 5.73 Å². The fraction of sp³-hybridized carbons (Fsp3) is 0. The molecule has 0 amide bonds. The number of nitrogens with one attached hydrogen (secondary N) is 1. The normalized spacial score (nSPS) is 12.9. The number of carbonyl (C=O) groups excluding carboxylic acids is 2. The second-order valence-electron chi connectivity index (χ2n) is 4.87. The summed E-state index contributed by atoms with van der Waals surface area (Å²) in [4.78, 5) is 23.4. The third-order valence-electron chi connectivity index (χ3n) is 3.39. The van der Waals surface area contributed by atoms with Crippen molar-refractivity contribution >= 4 is 23.4 Å². The summed E-state index contributed by atoms with van der Waals surface area (Å²) in [6, 6.07) is 8.66. The van der Waals surface area contributed by atoms with Crippen LogP contribution in [0.4, 0.5) is 15.8 Å². The molecule has 0 bridgehead atoms. The molecule has 0 aliphatic carbocycles. The van der Waals surface area contributed by atoms with Crippen molar-refractivity contribution in [3.05, 3.63) is 64.9 Å². The van der Waals surface area contributed by atoms with Crippen molar-refractivity contribution in [1.29, 1.82) is 0 Å². The molecule has 1 aliphatic heterocycles. The maximum absolute atomic E-state index is 14.3. The van der Waals surface area contributed by atoms with E-state index in [0.29, 0.717) is 6.29 Å². The predicted octanol–water partition coefficient (Wildman–Crippen LogP) is 1.77. The summed E-state index contributed by atoms with van der Waals surface area (Å²) >= 11 is 0. The molecule has 0 atom stereocenters. The quantitative estimate of drug-likeness (QED) is 0.453. The molecular weight excluding hydrogens is 301 g/mol. The number of carbonyl (C=O) groups is 2. The monoisotopic (exact) mass is 313 g/mol. The zero-order valence-corrected chi connectivity index (χ0v) is 11.8. The van der Waals surface area contributed by atoms with E-state index in [0.717, 1.165) is 6.07 Å². The highest BCUT2D eigenvalue weighted by molar-refractivity contribution is 6.12. The van der Waals surface area contributed by atoms with Crippen LogP contribution in [0.3, 0.4) is 0 Å². The smallest absolute Gasteiger partial charge is 0.218 e. The van der Waals surface area contributed by atoms with Gasteiger partial charge in [0, 0.05) is 17.3 Å². The van der Waals surface area contributed by atoms with Crippen molar-refractivity contribution in [2.45, 2.75) is 0 Å². The zero-order chi connectivity index (χ0) is 16.6. The topological polar surface area (TPSA) is 107 Å². The molecular formula is C16H12FN3O3. The largest absolute Gasteiger partial charge is 0.437 e. The Labute approximate surface area is 130 Å². The van der Waals surface area contributed by atoms with Crippen molar-refractivity contribution < 1.29 is 18.7 Å². The van der Waals surface area contributed by atoms with Crippen molar-refractivity contribution in [2.75, 3.05) is 11.1 Å². The molecule has 0 saturated carbocycles. The lowest BCUT2D eigenvalue weighted by atomic mass is 10.00. The van der Waals surface area contributed by atoms with E-state index in [4.69, 9.17) is 16.2 Å². The number of rotatable bonds is 3. The van der Waals surface area contributed by atoms with Crippen LogP contribution in [0, 0.1) is 5.82 Å². The maximum atomic E-state index is 14.3. The van der Waals surface area contributed by atoms with Gasteiger partial charge in [0.15, 0.2) is 17.8 Å². The van der Waals surface area contributed by atoms with Gasteiger partial charge in [-0.2, -0.15) is 0 Å².